The Bertz CT molecular complexity index is 433. The molecular weight excluding hydrogens is 310 g/mol. The molecule has 0 aromatic rings. The van der Waals surface area contributed by atoms with E-state index in [1.807, 2.05) is 0 Å². The van der Waals surface area contributed by atoms with Gasteiger partial charge >= 0.3 is 0 Å². The van der Waals surface area contributed by atoms with Crippen LogP contribution in [-0.4, -0.2) is 97.9 Å². The predicted octanol–water partition coefficient (Wildman–Crippen LogP) is -3.97. The molecule has 0 saturated carbocycles. The second kappa shape index (κ2) is 7.51. The van der Waals surface area contributed by atoms with Gasteiger partial charge in [0.15, 0.2) is 6.29 Å². The lowest BCUT2D eigenvalue weighted by molar-refractivity contribution is -0.177. The molecule has 1 aliphatic carbocycles. The summed E-state index contributed by atoms with van der Waals surface area (Å²) in [6.07, 6.45) is -7.28. The number of hydrogen-bond acceptors (Lipinski definition) is 9. The Balaban J connectivity index is 2.19. The standard InChI is InChI=1S/C14H25NO8/c1-5-4-23-14(22)13(21)11(19)8(5)15-7-2-6(3-16)9(17)12(20)10(7)18/h2,5,7-22H,3-4H2,1H3/t5-,7?,8-,9-,10+,11?,12?,13-,14+/m1/s1. The van der Waals surface area contributed by atoms with Gasteiger partial charge in [0.25, 0.3) is 0 Å². The normalized spacial score (nSPS) is 48.7. The molecule has 0 radical (unpaired) electrons. The van der Waals surface area contributed by atoms with Crippen molar-refractivity contribution in [3.8, 4) is 0 Å². The SMILES string of the molecule is C[C@@H]1CO[C@H](O)[C@H](O)C(O)[C@@H]1NC1C=C(CO)[C@@H](O)C(O)[C@H]1O. The maximum absolute atomic E-state index is 10.2. The van der Waals surface area contributed by atoms with Crippen molar-refractivity contribution in [1.82, 2.24) is 5.32 Å². The average molecular weight is 335 g/mol. The Morgan fingerprint density at radius 1 is 1.04 bits per heavy atom. The summed E-state index contributed by atoms with van der Waals surface area (Å²) in [7, 11) is 0. The van der Waals surface area contributed by atoms with Crippen molar-refractivity contribution in [2.24, 2.45) is 5.92 Å². The van der Waals surface area contributed by atoms with Gasteiger partial charge in [-0.15, -0.1) is 0 Å². The Hall–Kier alpha value is -0.620. The first-order chi connectivity index (χ1) is 10.8. The van der Waals surface area contributed by atoms with Gasteiger partial charge in [0.1, 0.15) is 30.5 Å². The van der Waals surface area contributed by atoms with E-state index in [9.17, 15) is 35.7 Å². The summed E-state index contributed by atoms with van der Waals surface area (Å²) in [5.41, 5.74) is 0.146. The molecule has 0 spiro atoms. The summed E-state index contributed by atoms with van der Waals surface area (Å²) in [6.45, 7) is 1.30. The van der Waals surface area contributed by atoms with Gasteiger partial charge in [0.05, 0.1) is 19.3 Å². The number of rotatable bonds is 3. The zero-order valence-corrected chi connectivity index (χ0v) is 12.7. The molecular formula is C14H25NO8. The summed E-state index contributed by atoms with van der Waals surface area (Å²) in [5.74, 6) is -0.320. The van der Waals surface area contributed by atoms with Gasteiger partial charge in [-0.05, 0) is 11.5 Å². The molecule has 9 nitrogen and oxygen atoms in total. The Morgan fingerprint density at radius 2 is 1.70 bits per heavy atom. The molecule has 0 aromatic carbocycles. The second-order valence-corrected chi connectivity index (χ2v) is 6.23. The third kappa shape index (κ3) is 3.73. The van der Waals surface area contributed by atoms with Crippen LogP contribution in [0.25, 0.3) is 0 Å². The number of aliphatic hydroxyl groups is 7. The number of aliphatic hydroxyl groups excluding tert-OH is 7. The summed E-state index contributed by atoms with van der Waals surface area (Å²) in [4.78, 5) is 0. The third-order valence-corrected chi connectivity index (χ3v) is 4.54. The zero-order valence-electron chi connectivity index (χ0n) is 12.7. The van der Waals surface area contributed by atoms with Gasteiger partial charge in [-0.25, -0.2) is 0 Å². The molecule has 1 aliphatic heterocycles. The summed E-state index contributed by atoms with van der Waals surface area (Å²) in [6, 6.07) is -1.61. The summed E-state index contributed by atoms with van der Waals surface area (Å²) in [5, 5.41) is 71.4. The van der Waals surface area contributed by atoms with Crippen molar-refractivity contribution in [2.75, 3.05) is 13.2 Å². The maximum Gasteiger partial charge on any atom is 0.183 e. The first-order valence-electron chi connectivity index (χ1n) is 7.55. The molecule has 9 atom stereocenters. The molecule has 1 saturated heterocycles. The first kappa shape index (κ1) is 18.7. The van der Waals surface area contributed by atoms with Gasteiger partial charge in [0, 0.05) is 6.04 Å². The van der Waals surface area contributed by atoms with Crippen LogP contribution in [-0.2, 0) is 4.74 Å². The van der Waals surface area contributed by atoms with Crippen LogP contribution in [0, 0.1) is 5.92 Å². The summed E-state index contributed by atoms with van der Waals surface area (Å²) < 4.78 is 5.02. The molecule has 1 fully saturated rings. The number of hydrogen-bond donors (Lipinski definition) is 8. The highest BCUT2D eigenvalue weighted by Crippen LogP contribution is 2.24. The number of ether oxygens (including phenoxy) is 1. The fourth-order valence-electron chi connectivity index (χ4n) is 2.99. The van der Waals surface area contributed by atoms with Crippen LogP contribution in [0.3, 0.4) is 0 Å². The van der Waals surface area contributed by atoms with Crippen molar-refractivity contribution in [3.05, 3.63) is 11.6 Å². The van der Waals surface area contributed by atoms with E-state index in [0.717, 1.165) is 0 Å². The molecule has 134 valence electrons. The molecule has 1 heterocycles. The van der Waals surface area contributed by atoms with Crippen molar-refractivity contribution in [3.63, 3.8) is 0 Å². The molecule has 8 N–H and O–H groups in total. The van der Waals surface area contributed by atoms with E-state index in [4.69, 9.17) is 4.74 Å². The minimum Gasteiger partial charge on any atom is -0.392 e. The maximum atomic E-state index is 10.2. The van der Waals surface area contributed by atoms with E-state index >= 15 is 0 Å². The minimum atomic E-state index is -1.53. The fraction of sp³-hybridized carbons (Fsp3) is 0.857. The van der Waals surface area contributed by atoms with E-state index in [1.54, 1.807) is 6.92 Å². The van der Waals surface area contributed by atoms with Crippen molar-refractivity contribution < 1.29 is 40.5 Å². The monoisotopic (exact) mass is 335 g/mol. The molecule has 23 heavy (non-hydrogen) atoms. The highest BCUT2D eigenvalue weighted by molar-refractivity contribution is 5.22. The molecule has 0 bridgehead atoms. The van der Waals surface area contributed by atoms with E-state index in [2.05, 4.69) is 5.32 Å². The van der Waals surface area contributed by atoms with Gasteiger partial charge in [0.2, 0.25) is 0 Å². The Kier molecular flexibility index (Phi) is 6.11. The smallest absolute Gasteiger partial charge is 0.183 e. The van der Waals surface area contributed by atoms with Crippen LogP contribution in [0.4, 0.5) is 0 Å². The van der Waals surface area contributed by atoms with E-state index in [0.29, 0.717) is 0 Å². The second-order valence-electron chi connectivity index (χ2n) is 6.23. The van der Waals surface area contributed by atoms with Crippen LogP contribution in [0.2, 0.25) is 0 Å². The average Bonchev–Trinajstić information content (AvgIpc) is 2.62. The lowest BCUT2D eigenvalue weighted by atomic mass is 9.86. The third-order valence-electron chi connectivity index (χ3n) is 4.54. The summed E-state index contributed by atoms with van der Waals surface area (Å²) >= 11 is 0. The zero-order chi connectivity index (χ0) is 17.3. The van der Waals surface area contributed by atoms with Gasteiger partial charge in [-0.2, -0.15) is 0 Å². The minimum absolute atomic E-state index is 0.0670. The fourth-order valence-corrected chi connectivity index (χ4v) is 2.99. The van der Waals surface area contributed by atoms with Gasteiger partial charge in [-0.1, -0.05) is 13.0 Å². The van der Waals surface area contributed by atoms with Crippen LogP contribution in [0.15, 0.2) is 11.6 Å². The van der Waals surface area contributed by atoms with Crippen molar-refractivity contribution in [2.45, 2.75) is 55.8 Å². The lowest BCUT2D eigenvalue weighted by Crippen LogP contribution is -2.60. The molecule has 0 aromatic heterocycles. The van der Waals surface area contributed by atoms with Gasteiger partial charge in [-0.3, -0.25) is 0 Å². The molecule has 2 aliphatic rings. The molecule has 9 heteroatoms. The predicted molar refractivity (Wildman–Crippen MR) is 77.0 cm³/mol. The van der Waals surface area contributed by atoms with Crippen LogP contribution >= 0.6 is 0 Å². The highest BCUT2D eigenvalue weighted by atomic mass is 16.6. The Labute approximate surface area is 133 Å². The van der Waals surface area contributed by atoms with Crippen LogP contribution in [0.5, 0.6) is 0 Å². The topological polar surface area (TPSA) is 163 Å². The van der Waals surface area contributed by atoms with Crippen LogP contribution < -0.4 is 5.32 Å². The van der Waals surface area contributed by atoms with E-state index in [-0.39, 0.29) is 18.1 Å². The highest BCUT2D eigenvalue weighted by Gasteiger charge is 2.43. The van der Waals surface area contributed by atoms with E-state index < -0.39 is 55.5 Å². The van der Waals surface area contributed by atoms with Crippen LogP contribution in [0.1, 0.15) is 6.92 Å². The van der Waals surface area contributed by atoms with E-state index in [1.165, 1.54) is 6.08 Å². The van der Waals surface area contributed by atoms with Gasteiger partial charge < -0.3 is 45.8 Å². The quantitative estimate of drug-likeness (QED) is 0.240. The number of nitrogens with one attached hydrogen (secondary N) is 1. The lowest BCUT2D eigenvalue weighted by Gasteiger charge is -2.38. The Morgan fingerprint density at radius 3 is 2.30 bits per heavy atom. The van der Waals surface area contributed by atoms with Crippen molar-refractivity contribution in [1.29, 1.82) is 0 Å². The first-order valence-corrected chi connectivity index (χ1v) is 7.55. The molecule has 2 rings (SSSR count). The molecule has 0 amide bonds. The molecule has 3 unspecified atom stereocenters. The van der Waals surface area contributed by atoms with Crippen molar-refractivity contribution >= 4 is 0 Å². The largest absolute Gasteiger partial charge is 0.392 e.